The van der Waals surface area contributed by atoms with Crippen LogP contribution in [-0.2, 0) is 13.0 Å². The van der Waals surface area contributed by atoms with Crippen LogP contribution in [0.5, 0.6) is 5.75 Å². The molecule has 0 unspecified atom stereocenters. The summed E-state index contributed by atoms with van der Waals surface area (Å²) in [5.74, 6) is 1.02. The molecule has 0 fully saturated rings. The number of aromatic amines is 1. The van der Waals surface area contributed by atoms with Gasteiger partial charge in [0.05, 0.1) is 6.61 Å². The third kappa shape index (κ3) is 2.34. The SMILES string of the molecule is Clc1ccc2c(CNc3ccc4c(c3)CCO4)c[nH]c2c1. The average Bonchev–Trinajstić information content (AvgIpc) is 3.10. The summed E-state index contributed by atoms with van der Waals surface area (Å²) in [6, 6.07) is 12.2. The molecule has 0 saturated heterocycles. The van der Waals surface area contributed by atoms with E-state index in [1.807, 2.05) is 24.4 Å². The van der Waals surface area contributed by atoms with Crippen molar-refractivity contribution in [3.05, 3.63) is 58.7 Å². The maximum absolute atomic E-state index is 6.01. The lowest BCUT2D eigenvalue weighted by molar-refractivity contribution is 0.357. The molecule has 106 valence electrons. The second kappa shape index (κ2) is 5.01. The highest BCUT2D eigenvalue weighted by Crippen LogP contribution is 2.28. The van der Waals surface area contributed by atoms with Gasteiger partial charge in [-0.25, -0.2) is 0 Å². The molecule has 4 heteroatoms. The molecule has 21 heavy (non-hydrogen) atoms. The van der Waals surface area contributed by atoms with Gasteiger partial charge in [0.15, 0.2) is 0 Å². The van der Waals surface area contributed by atoms with Crippen LogP contribution in [0.25, 0.3) is 10.9 Å². The number of anilines is 1. The summed E-state index contributed by atoms with van der Waals surface area (Å²) in [4.78, 5) is 3.26. The van der Waals surface area contributed by atoms with Gasteiger partial charge in [0.2, 0.25) is 0 Å². The Morgan fingerprint density at radius 3 is 3.10 bits per heavy atom. The Labute approximate surface area is 127 Å². The van der Waals surface area contributed by atoms with Crippen LogP contribution in [-0.4, -0.2) is 11.6 Å². The molecule has 0 saturated carbocycles. The zero-order valence-electron chi connectivity index (χ0n) is 11.4. The fraction of sp³-hybridized carbons (Fsp3) is 0.176. The van der Waals surface area contributed by atoms with E-state index < -0.39 is 0 Å². The van der Waals surface area contributed by atoms with E-state index in [2.05, 4.69) is 28.5 Å². The lowest BCUT2D eigenvalue weighted by atomic mass is 10.1. The van der Waals surface area contributed by atoms with Crippen molar-refractivity contribution < 1.29 is 4.74 Å². The zero-order valence-corrected chi connectivity index (χ0v) is 12.2. The summed E-state index contributed by atoms with van der Waals surface area (Å²) in [6.45, 7) is 1.57. The monoisotopic (exact) mass is 298 g/mol. The Hall–Kier alpha value is -2.13. The molecular weight excluding hydrogens is 284 g/mol. The molecule has 2 N–H and O–H groups in total. The first-order chi connectivity index (χ1) is 10.3. The van der Waals surface area contributed by atoms with E-state index in [1.54, 1.807) is 0 Å². The minimum atomic E-state index is 0.752. The van der Waals surface area contributed by atoms with Crippen LogP contribution in [0.4, 0.5) is 5.69 Å². The van der Waals surface area contributed by atoms with Crippen molar-refractivity contribution in [2.75, 3.05) is 11.9 Å². The van der Waals surface area contributed by atoms with E-state index >= 15 is 0 Å². The third-order valence-corrected chi connectivity index (χ3v) is 4.14. The van der Waals surface area contributed by atoms with Gasteiger partial charge in [-0.15, -0.1) is 0 Å². The largest absolute Gasteiger partial charge is 0.493 e. The van der Waals surface area contributed by atoms with Gasteiger partial charge < -0.3 is 15.0 Å². The highest BCUT2D eigenvalue weighted by atomic mass is 35.5. The molecule has 1 aromatic heterocycles. The summed E-state index contributed by atoms with van der Waals surface area (Å²) in [7, 11) is 0. The zero-order chi connectivity index (χ0) is 14.2. The summed E-state index contributed by atoms with van der Waals surface area (Å²) in [5, 5.41) is 5.43. The number of fused-ring (bicyclic) bond motifs is 2. The van der Waals surface area contributed by atoms with Crippen LogP contribution in [0.3, 0.4) is 0 Å². The normalized spacial score (nSPS) is 13.2. The van der Waals surface area contributed by atoms with E-state index in [0.29, 0.717) is 0 Å². The molecule has 2 heterocycles. The van der Waals surface area contributed by atoms with Crippen LogP contribution in [0.15, 0.2) is 42.6 Å². The first kappa shape index (κ1) is 12.6. The van der Waals surface area contributed by atoms with E-state index in [9.17, 15) is 0 Å². The second-order valence-corrected chi connectivity index (χ2v) is 5.71. The number of nitrogens with one attached hydrogen (secondary N) is 2. The Kier molecular flexibility index (Phi) is 3.00. The van der Waals surface area contributed by atoms with Gasteiger partial charge in [-0.05, 0) is 41.5 Å². The number of hydrogen-bond acceptors (Lipinski definition) is 2. The number of ether oxygens (including phenoxy) is 1. The third-order valence-electron chi connectivity index (χ3n) is 3.90. The molecule has 0 aliphatic carbocycles. The molecule has 0 amide bonds. The topological polar surface area (TPSA) is 37.0 Å². The van der Waals surface area contributed by atoms with Crippen molar-refractivity contribution >= 4 is 28.2 Å². The molecule has 0 spiro atoms. The minimum Gasteiger partial charge on any atom is -0.493 e. The molecule has 1 aliphatic heterocycles. The van der Waals surface area contributed by atoms with Crippen LogP contribution < -0.4 is 10.1 Å². The van der Waals surface area contributed by atoms with Crippen LogP contribution in [0, 0.1) is 0 Å². The number of halogens is 1. The summed E-state index contributed by atoms with van der Waals surface area (Å²) >= 11 is 6.01. The average molecular weight is 299 g/mol. The van der Waals surface area contributed by atoms with Crippen molar-refractivity contribution in [3.8, 4) is 5.75 Å². The minimum absolute atomic E-state index is 0.752. The van der Waals surface area contributed by atoms with E-state index in [1.165, 1.54) is 16.5 Å². The Morgan fingerprint density at radius 2 is 2.14 bits per heavy atom. The summed E-state index contributed by atoms with van der Waals surface area (Å²) in [5.41, 5.74) is 4.72. The maximum Gasteiger partial charge on any atom is 0.122 e. The standard InChI is InChI=1S/C17H15ClN2O/c18-13-1-3-15-12(10-20-16(15)8-13)9-19-14-2-4-17-11(7-14)5-6-21-17/h1-4,7-8,10,19-20H,5-6,9H2. The van der Waals surface area contributed by atoms with E-state index in [-0.39, 0.29) is 0 Å². The molecule has 3 aromatic rings. The molecule has 0 radical (unpaired) electrons. The molecule has 3 nitrogen and oxygen atoms in total. The lowest BCUT2D eigenvalue weighted by Gasteiger charge is -2.07. The molecule has 1 aliphatic rings. The predicted octanol–water partition coefficient (Wildman–Crippen LogP) is 4.37. The number of H-pyrrole nitrogens is 1. The molecule has 2 aromatic carbocycles. The number of rotatable bonds is 3. The van der Waals surface area contributed by atoms with E-state index in [4.69, 9.17) is 16.3 Å². The predicted molar refractivity (Wildman–Crippen MR) is 86.3 cm³/mol. The van der Waals surface area contributed by atoms with Gasteiger partial charge in [-0.2, -0.15) is 0 Å². The summed E-state index contributed by atoms with van der Waals surface area (Å²) < 4.78 is 5.53. The van der Waals surface area contributed by atoms with Gasteiger partial charge in [0.25, 0.3) is 0 Å². The van der Waals surface area contributed by atoms with Gasteiger partial charge in [0, 0.05) is 40.8 Å². The Morgan fingerprint density at radius 1 is 1.19 bits per heavy atom. The van der Waals surface area contributed by atoms with E-state index in [0.717, 1.165) is 41.5 Å². The van der Waals surface area contributed by atoms with Crippen LogP contribution in [0.2, 0.25) is 5.02 Å². The van der Waals surface area contributed by atoms with Crippen molar-refractivity contribution in [2.24, 2.45) is 0 Å². The van der Waals surface area contributed by atoms with Crippen LogP contribution in [0.1, 0.15) is 11.1 Å². The van der Waals surface area contributed by atoms with Crippen molar-refractivity contribution in [1.29, 1.82) is 0 Å². The summed E-state index contributed by atoms with van der Waals surface area (Å²) in [6.07, 6.45) is 3.03. The molecule has 4 rings (SSSR count). The molecule has 0 atom stereocenters. The highest BCUT2D eigenvalue weighted by Gasteiger charge is 2.12. The quantitative estimate of drug-likeness (QED) is 0.753. The second-order valence-electron chi connectivity index (χ2n) is 5.28. The fourth-order valence-corrected chi connectivity index (χ4v) is 2.97. The fourth-order valence-electron chi connectivity index (χ4n) is 2.80. The Bertz CT molecular complexity index is 810. The van der Waals surface area contributed by atoms with Gasteiger partial charge >= 0.3 is 0 Å². The number of aromatic nitrogens is 1. The van der Waals surface area contributed by atoms with Crippen LogP contribution >= 0.6 is 11.6 Å². The van der Waals surface area contributed by atoms with Gasteiger partial charge in [0.1, 0.15) is 5.75 Å². The number of hydrogen-bond donors (Lipinski definition) is 2. The van der Waals surface area contributed by atoms with Crippen molar-refractivity contribution in [3.63, 3.8) is 0 Å². The molecular formula is C17H15ClN2O. The highest BCUT2D eigenvalue weighted by molar-refractivity contribution is 6.31. The smallest absolute Gasteiger partial charge is 0.122 e. The van der Waals surface area contributed by atoms with Crippen molar-refractivity contribution in [1.82, 2.24) is 4.98 Å². The first-order valence-electron chi connectivity index (χ1n) is 7.05. The Balaban J connectivity index is 1.55. The number of benzene rings is 2. The first-order valence-corrected chi connectivity index (χ1v) is 7.42. The van der Waals surface area contributed by atoms with Gasteiger partial charge in [-0.3, -0.25) is 0 Å². The lowest BCUT2D eigenvalue weighted by Crippen LogP contribution is -1.98. The van der Waals surface area contributed by atoms with Crippen molar-refractivity contribution in [2.45, 2.75) is 13.0 Å². The maximum atomic E-state index is 6.01. The molecule has 0 bridgehead atoms. The van der Waals surface area contributed by atoms with Gasteiger partial charge in [-0.1, -0.05) is 17.7 Å².